The van der Waals surface area contributed by atoms with E-state index in [-0.39, 0.29) is 11.0 Å². The molecule has 0 radical (unpaired) electrons. The van der Waals surface area contributed by atoms with Gasteiger partial charge in [-0.2, -0.15) is 30.7 Å². The Kier molecular flexibility index (Phi) is 5.65. The van der Waals surface area contributed by atoms with E-state index in [0.717, 1.165) is 7.11 Å². The predicted molar refractivity (Wildman–Crippen MR) is 75.5 cm³/mol. The van der Waals surface area contributed by atoms with Gasteiger partial charge in [0.1, 0.15) is 0 Å². The standard InChI is InChI=1S/C16H19F7O/c1-13(2,3)11-7-5-6-10(8-11)12(24-4)9-14(17,18)15(19,20)16(21,22)23/h5-8,12H,9H2,1-4H3. The first-order chi connectivity index (χ1) is 10.6. The van der Waals surface area contributed by atoms with Crippen molar-refractivity contribution in [3.8, 4) is 0 Å². The maximum absolute atomic E-state index is 13.6. The minimum atomic E-state index is -6.35. The Morgan fingerprint density at radius 1 is 0.958 bits per heavy atom. The van der Waals surface area contributed by atoms with Crippen molar-refractivity contribution in [3.63, 3.8) is 0 Å². The van der Waals surface area contributed by atoms with E-state index in [2.05, 4.69) is 0 Å². The lowest BCUT2D eigenvalue weighted by Gasteiger charge is -2.31. The summed E-state index contributed by atoms with van der Waals surface area (Å²) in [5, 5.41) is 0. The summed E-state index contributed by atoms with van der Waals surface area (Å²) in [6, 6.07) is 6.04. The van der Waals surface area contributed by atoms with Gasteiger partial charge in [0.25, 0.3) is 0 Å². The lowest BCUT2D eigenvalue weighted by molar-refractivity contribution is -0.358. The number of benzene rings is 1. The first kappa shape index (κ1) is 20.7. The molecule has 0 aliphatic rings. The largest absolute Gasteiger partial charge is 0.459 e. The van der Waals surface area contributed by atoms with Gasteiger partial charge in [0, 0.05) is 13.5 Å². The molecule has 8 heteroatoms. The molecular formula is C16H19F7O. The molecule has 0 aliphatic heterocycles. The topological polar surface area (TPSA) is 9.23 Å². The highest BCUT2D eigenvalue weighted by atomic mass is 19.4. The summed E-state index contributed by atoms with van der Waals surface area (Å²) >= 11 is 0. The summed E-state index contributed by atoms with van der Waals surface area (Å²) < 4.78 is 94.8. The van der Waals surface area contributed by atoms with Crippen LogP contribution in [0.4, 0.5) is 30.7 Å². The quantitative estimate of drug-likeness (QED) is 0.595. The summed E-state index contributed by atoms with van der Waals surface area (Å²) in [7, 11) is 0.982. The summed E-state index contributed by atoms with van der Waals surface area (Å²) in [4.78, 5) is 0. The molecule has 0 bridgehead atoms. The summed E-state index contributed by atoms with van der Waals surface area (Å²) in [6.45, 7) is 5.54. The monoisotopic (exact) mass is 360 g/mol. The Balaban J connectivity index is 3.16. The maximum atomic E-state index is 13.6. The fourth-order valence-electron chi connectivity index (χ4n) is 2.11. The van der Waals surface area contributed by atoms with Crippen molar-refractivity contribution in [2.45, 2.75) is 56.7 Å². The molecule has 1 rings (SSSR count). The molecule has 1 unspecified atom stereocenters. The number of methoxy groups -OCH3 is 1. The SMILES string of the molecule is COC(CC(F)(F)C(F)(F)C(F)(F)F)c1cccc(C(C)(C)C)c1. The van der Waals surface area contributed by atoms with Gasteiger partial charge in [-0.25, -0.2) is 0 Å². The van der Waals surface area contributed by atoms with Gasteiger partial charge in [-0.3, -0.25) is 0 Å². The number of alkyl halides is 7. The zero-order chi connectivity index (χ0) is 19.0. The third-order valence-corrected chi connectivity index (χ3v) is 3.67. The van der Waals surface area contributed by atoms with Gasteiger partial charge in [-0.15, -0.1) is 0 Å². The van der Waals surface area contributed by atoms with Crippen molar-refractivity contribution in [1.82, 2.24) is 0 Å². The predicted octanol–water partition coefficient (Wildman–Crippen LogP) is 5.89. The van der Waals surface area contributed by atoms with Crippen LogP contribution in [0.1, 0.15) is 44.4 Å². The highest BCUT2D eigenvalue weighted by Crippen LogP contribution is 2.50. The first-order valence-electron chi connectivity index (χ1n) is 7.09. The number of hydrogen-bond donors (Lipinski definition) is 0. The van der Waals surface area contributed by atoms with Gasteiger partial charge in [0.15, 0.2) is 0 Å². The second-order valence-corrected chi connectivity index (χ2v) is 6.58. The highest BCUT2D eigenvalue weighted by Gasteiger charge is 2.73. The molecule has 0 aromatic heterocycles. The van der Waals surface area contributed by atoms with Gasteiger partial charge in [-0.05, 0) is 16.5 Å². The second kappa shape index (κ2) is 6.54. The third-order valence-electron chi connectivity index (χ3n) is 3.67. The fourth-order valence-corrected chi connectivity index (χ4v) is 2.11. The number of rotatable bonds is 5. The van der Waals surface area contributed by atoms with Crippen molar-refractivity contribution < 1.29 is 35.5 Å². The molecular weight excluding hydrogens is 341 g/mol. The molecule has 0 N–H and O–H groups in total. The van der Waals surface area contributed by atoms with E-state index < -0.39 is 30.5 Å². The van der Waals surface area contributed by atoms with Crippen LogP contribution < -0.4 is 0 Å². The van der Waals surface area contributed by atoms with Crippen molar-refractivity contribution in [1.29, 1.82) is 0 Å². The van der Waals surface area contributed by atoms with Crippen molar-refractivity contribution in [3.05, 3.63) is 35.4 Å². The van der Waals surface area contributed by atoms with Gasteiger partial charge in [-0.1, -0.05) is 45.0 Å². The molecule has 0 saturated heterocycles. The first-order valence-corrected chi connectivity index (χ1v) is 7.09. The number of halogens is 7. The molecule has 1 nitrogen and oxygen atoms in total. The summed E-state index contributed by atoms with van der Waals surface area (Å²) in [5.41, 5.74) is 0.475. The van der Waals surface area contributed by atoms with E-state index in [1.54, 1.807) is 6.07 Å². The zero-order valence-electron chi connectivity index (χ0n) is 13.6. The number of hydrogen-bond acceptors (Lipinski definition) is 1. The van der Waals surface area contributed by atoms with Crippen LogP contribution in [0, 0.1) is 0 Å². The molecule has 138 valence electrons. The second-order valence-electron chi connectivity index (χ2n) is 6.58. The molecule has 1 atom stereocenters. The minimum Gasteiger partial charge on any atom is -0.377 e. The average Bonchev–Trinajstić information content (AvgIpc) is 2.42. The molecule has 0 saturated carbocycles. The van der Waals surface area contributed by atoms with E-state index in [9.17, 15) is 30.7 Å². The van der Waals surface area contributed by atoms with Gasteiger partial charge in [0.2, 0.25) is 0 Å². The average molecular weight is 360 g/mol. The minimum absolute atomic E-state index is 0.113. The Hall–Kier alpha value is -1.31. The van der Waals surface area contributed by atoms with Crippen LogP contribution in [0.5, 0.6) is 0 Å². The smallest absolute Gasteiger partial charge is 0.377 e. The van der Waals surface area contributed by atoms with Crippen molar-refractivity contribution in [2.24, 2.45) is 0 Å². The third kappa shape index (κ3) is 4.20. The van der Waals surface area contributed by atoms with Crippen LogP contribution in [0.3, 0.4) is 0 Å². The Morgan fingerprint density at radius 2 is 1.50 bits per heavy atom. The maximum Gasteiger partial charge on any atom is 0.459 e. The van der Waals surface area contributed by atoms with Crippen LogP contribution in [0.15, 0.2) is 24.3 Å². The number of ether oxygens (including phenoxy) is 1. The Bertz CT molecular complexity index is 558. The van der Waals surface area contributed by atoms with E-state index in [1.165, 1.54) is 18.2 Å². The van der Waals surface area contributed by atoms with E-state index in [1.807, 2.05) is 20.8 Å². The zero-order valence-corrected chi connectivity index (χ0v) is 13.6. The van der Waals surface area contributed by atoms with Crippen LogP contribution in [0.2, 0.25) is 0 Å². The molecule has 1 aromatic rings. The van der Waals surface area contributed by atoms with E-state index >= 15 is 0 Å². The van der Waals surface area contributed by atoms with Crippen molar-refractivity contribution in [2.75, 3.05) is 7.11 Å². The van der Waals surface area contributed by atoms with E-state index in [0.29, 0.717) is 5.56 Å². The summed E-state index contributed by atoms with van der Waals surface area (Å²) in [6.07, 6.45) is -9.73. The molecule has 1 aromatic carbocycles. The molecule has 0 amide bonds. The van der Waals surface area contributed by atoms with Crippen LogP contribution in [-0.4, -0.2) is 25.1 Å². The van der Waals surface area contributed by atoms with Gasteiger partial charge in [0.05, 0.1) is 6.10 Å². The molecule has 24 heavy (non-hydrogen) atoms. The summed E-state index contributed by atoms with van der Waals surface area (Å²) in [5.74, 6) is -11.4. The Labute approximate surface area is 135 Å². The van der Waals surface area contributed by atoms with E-state index in [4.69, 9.17) is 4.74 Å². The Morgan fingerprint density at radius 3 is 1.92 bits per heavy atom. The molecule has 0 aliphatic carbocycles. The van der Waals surface area contributed by atoms with Crippen LogP contribution in [-0.2, 0) is 10.2 Å². The van der Waals surface area contributed by atoms with Crippen LogP contribution in [0.25, 0.3) is 0 Å². The molecule has 0 fully saturated rings. The van der Waals surface area contributed by atoms with Crippen LogP contribution >= 0.6 is 0 Å². The fraction of sp³-hybridized carbons (Fsp3) is 0.625. The lowest BCUT2D eigenvalue weighted by atomic mass is 9.85. The normalized spacial score (nSPS) is 15.5. The highest BCUT2D eigenvalue weighted by molar-refractivity contribution is 5.30. The molecule has 0 heterocycles. The molecule has 0 spiro atoms. The lowest BCUT2D eigenvalue weighted by Crippen LogP contribution is -2.52. The van der Waals surface area contributed by atoms with Crippen molar-refractivity contribution >= 4 is 0 Å². The van der Waals surface area contributed by atoms with Gasteiger partial charge < -0.3 is 4.74 Å². The van der Waals surface area contributed by atoms with Gasteiger partial charge >= 0.3 is 18.0 Å².